The number of phenols is 1. The number of nitrogens with zero attached hydrogens (tertiary/aromatic N) is 1. The first-order valence-electron chi connectivity index (χ1n) is 7.50. The van der Waals surface area contributed by atoms with E-state index in [1.54, 1.807) is 12.1 Å². The first-order chi connectivity index (χ1) is 10.2. The van der Waals surface area contributed by atoms with Crippen LogP contribution >= 0.6 is 0 Å². The Morgan fingerprint density at radius 3 is 2.81 bits per heavy atom. The predicted molar refractivity (Wildman–Crippen MR) is 80.1 cm³/mol. The van der Waals surface area contributed by atoms with E-state index in [2.05, 4.69) is 4.90 Å². The van der Waals surface area contributed by atoms with Gasteiger partial charge in [-0.25, -0.2) is 0 Å². The molecule has 2 rings (SSSR count). The number of carbonyl (C=O) groups excluding carboxylic acids is 1. The van der Waals surface area contributed by atoms with Gasteiger partial charge in [0, 0.05) is 32.1 Å². The molecule has 0 unspecified atom stereocenters. The number of ether oxygens (including phenoxy) is 2. The van der Waals surface area contributed by atoms with Gasteiger partial charge in [0.2, 0.25) is 0 Å². The average Bonchev–Trinajstić information content (AvgIpc) is 2.48. The summed E-state index contributed by atoms with van der Waals surface area (Å²) in [6, 6.07) is 4.89. The number of aromatic hydroxyl groups is 1. The topological polar surface area (TPSA) is 59.0 Å². The lowest BCUT2D eigenvalue weighted by Gasteiger charge is -2.26. The van der Waals surface area contributed by atoms with E-state index in [0.717, 1.165) is 39.3 Å². The number of carbonyl (C=O) groups is 1. The summed E-state index contributed by atoms with van der Waals surface area (Å²) < 4.78 is 10.9. The van der Waals surface area contributed by atoms with Crippen LogP contribution in [0.4, 0.5) is 0 Å². The Balaban J connectivity index is 1.83. The monoisotopic (exact) mass is 293 g/mol. The van der Waals surface area contributed by atoms with E-state index < -0.39 is 0 Å². The number of benzene rings is 1. The highest BCUT2D eigenvalue weighted by Gasteiger charge is 2.12. The molecule has 5 nitrogen and oxygen atoms in total. The van der Waals surface area contributed by atoms with Crippen LogP contribution in [0.2, 0.25) is 0 Å². The Morgan fingerprint density at radius 1 is 1.38 bits per heavy atom. The van der Waals surface area contributed by atoms with Gasteiger partial charge in [0.25, 0.3) is 0 Å². The van der Waals surface area contributed by atoms with E-state index in [0.29, 0.717) is 24.3 Å². The van der Waals surface area contributed by atoms with E-state index in [1.165, 1.54) is 6.07 Å². The number of morpholine rings is 1. The molecule has 0 radical (unpaired) electrons. The van der Waals surface area contributed by atoms with Crippen LogP contribution in [0.3, 0.4) is 0 Å². The molecule has 1 N–H and O–H groups in total. The Bertz CT molecular complexity index is 469. The van der Waals surface area contributed by atoms with Gasteiger partial charge in [-0.2, -0.15) is 0 Å². The maximum Gasteiger partial charge on any atom is 0.166 e. The summed E-state index contributed by atoms with van der Waals surface area (Å²) in [5.74, 6) is 0.556. The molecule has 1 fully saturated rings. The van der Waals surface area contributed by atoms with Crippen molar-refractivity contribution in [2.24, 2.45) is 0 Å². The number of Topliss-reactive ketones (excluding diaryl/α,β-unsaturated/α-hetero) is 1. The number of hydrogen-bond acceptors (Lipinski definition) is 5. The van der Waals surface area contributed by atoms with Crippen molar-refractivity contribution in [3.05, 3.63) is 23.8 Å². The molecule has 1 aliphatic rings. The lowest BCUT2D eigenvalue weighted by atomic mass is 10.1. The van der Waals surface area contributed by atoms with E-state index in [4.69, 9.17) is 9.47 Å². The van der Waals surface area contributed by atoms with Gasteiger partial charge in [0.05, 0.1) is 18.8 Å². The highest BCUT2D eigenvalue weighted by Crippen LogP contribution is 2.25. The summed E-state index contributed by atoms with van der Waals surface area (Å²) in [6.07, 6.45) is 1.22. The molecular weight excluding hydrogens is 270 g/mol. The highest BCUT2D eigenvalue weighted by atomic mass is 16.5. The minimum Gasteiger partial charge on any atom is -0.507 e. The van der Waals surface area contributed by atoms with Crippen LogP contribution in [0.5, 0.6) is 11.5 Å². The average molecular weight is 293 g/mol. The minimum atomic E-state index is -0.0325. The van der Waals surface area contributed by atoms with Crippen LogP contribution < -0.4 is 4.74 Å². The Morgan fingerprint density at radius 2 is 2.14 bits per heavy atom. The van der Waals surface area contributed by atoms with E-state index in [9.17, 15) is 9.90 Å². The van der Waals surface area contributed by atoms with Crippen molar-refractivity contribution >= 4 is 5.78 Å². The van der Waals surface area contributed by atoms with E-state index in [-0.39, 0.29) is 11.5 Å². The fraction of sp³-hybridized carbons (Fsp3) is 0.562. The molecule has 0 atom stereocenters. The lowest BCUT2D eigenvalue weighted by molar-refractivity contribution is 0.0322. The maximum atomic E-state index is 11.8. The molecule has 5 heteroatoms. The Labute approximate surface area is 125 Å². The van der Waals surface area contributed by atoms with Crippen LogP contribution in [0.25, 0.3) is 0 Å². The third-order valence-corrected chi connectivity index (χ3v) is 3.53. The van der Waals surface area contributed by atoms with Gasteiger partial charge in [-0.15, -0.1) is 0 Å². The standard InChI is InChI=1S/C16H23NO4/c1-2-3-15(18)14-5-4-13(12-16(14)19)21-11-8-17-6-9-20-10-7-17/h4-5,12,19H,2-3,6-11H2,1H3. The van der Waals surface area contributed by atoms with Crippen LogP contribution in [0.15, 0.2) is 18.2 Å². The fourth-order valence-corrected chi connectivity index (χ4v) is 2.32. The second-order valence-electron chi connectivity index (χ2n) is 5.15. The largest absolute Gasteiger partial charge is 0.507 e. The predicted octanol–water partition coefficient (Wildman–Crippen LogP) is 2.09. The van der Waals surface area contributed by atoms with Crippen molar-refractivity contribution in [2.45, 2.75) is 19.8 Å². The summed E-state index contributed by atoms with van der Waals surface area (Å²) in [4.78, 5) is 14.1. The smallest absolute Gasteiger partial charge is 0.166 e. The molecule has 0 aromatic heterocycles. The van der Waals surface area contributed by atoms with Crippen molar-refractivity contribution < 1.29 is 19.4 Å². The van der Waals surface area contributed by atoms with Crippen molar-refractivity contribution in [2.75, 3.05) is 39.5 Å². The summed E-state index contributed by atoms with van der Waals surface area (Å²) in [5.41, 5.74) is 0.373. The molecule has 1 saturated heterocycles. The third kappa shape index (κ3) is 4.72. The van der Waals surface area contributed by atoms with Crippen molar-refractivity contribution in [1.29, 1.82) is 0 Å². The van der Waals surface area contributed by atoms with E-state index in [1.807, 2.05) is 6.92 Å². The minimum absolute atomic E-state index is 0.00248. The highest BCUT2D eigenvalue weighted by molar-refractivity contribution is 5.98. The quantitative estimate of drug-likeness (QED) is 0.780. The second kappa shape index (κ2) is 8.00. The first kappa shape index (κ1) is 15.8. The zero-order valence-electron chi connectivity index (χ0n) is 12.5. The number of rotatable bonds is 7. The number of phenolic OH excluding ortho intramolecular Hbond substituents is 1. The van der Waals surface area contributed by atoms with Gasteiger partial charge >= 0.3 is 0 Å². The van der Waals surface area contributed by atoms with Crippen molar-refractivity contribution in [1.82, 2.24) is 4.90 Å². The molecule has 0 amide bonds. The second-order valence-corrected chi connectivity index (χ2v) is 5.15. The molecule has 1 aliphatic heterocycles. The zero-order valence-corrected chi connectivity index (χ0v) is 12.5. The molecule has 1 heterocycles. The van der Waals surface area contributed by atoms with Crippen LogP contribution in [-0.4, -0.2) is 55.2 Å². The van der Waals surface area contributed by atoms with Gasteiger partial charge in [-0.05, 0) is 18.6 Å². The lowest BCUT2D eigenvalue weighted by Crippen LogP contribution is -2.38. The molecular formula is C16H23NO4. The molecule has 0 bridgehead atoms. The zero-order chi connectivity index (χ0) is 15.1. The van der Waals surface area contributed by atoms with Crippen molar-refractivity contribution in [3.8, 4) is 11.5 Å². The third-order valence-electron chi connectivity index (χ3n) is 3.53. The Kier molecular flexibility index (Phi) is 6.02. The van der Waals surface area contributed by atoms with Gasteiger partial charge in [-0.1, -0.05) is 6.92 Å². The normalized spacial score (nSPS) is 15.9. The maximum absolute atomic E-state index is 11.8. The first-order valence-corrected chi connectivity index (χ1v) is 7.50. The Hall–Kier alpha value is -1.59. The summed E-state index contributed by atoms with van der Waals surface area (Å²) in [5, 5.41) is 9.91. The van der Waals surface area contributed by atoms with Gasteiger partial charge in [-0.3, -0.25) is 9.69 Å². The molecule has 0 spiro atoms. The van der Waals surface area contributed by atoms with Gasteiger partial charge < -0.3 is 14.6 Å². The summed E-state index contributed by atoms with van der Waals surface area (Å²) in [7, 11) is 0. The molecule has 0 saturated carbocycles. The molecule has 0 aliphatic carbocycles. The van der Waals surface area contributed by atoms with Crippen LogP contribution in [0.1, 0.15) is 30.1 Å². The molecule has 116 valence electrons. The van der Waals surface area contributed by atoms with Gasteiger partial charge in [0.15, 0.2) is 5.78 Å². The molecule has 1 aromatic rings. The van der Waals surface area contributed by atoms with Crippen LogP contribution in [-0.2, 0) is 4.74 Å². The summed E-state index contributed by atoms with van der Waals surface area (Å²) in [6.45, 7) is 6.74. The molecule has 1 aromatic carbocycles. The SMILES string of the molecule is CCCC(=O)c1ccc(OCCN2CCOCC2)cc1O. The number of ketones is 1. The summed E-state index contributed by atoms with van der Waals surface area (Å²) >= 11 is 0. The van der Waals surface area contributed by atoms with Crippen LogP contribution in [0, 0.1) is 0 Å². The van der Waals surface area contributed by atoms with Gasteiger partial charge in [0.1, 0.15) is 18.1 Å². The fourth-order valence-electron chi connectivity index (χ4n) is 2.32. The van der Waals surface area contributed by atoms with Crippen molar-refractivity contribution in [3.63, 3.8) is 0 Å². The van der Waals surface area contributed by atoms with E-state index >= 15 is 0 Å². The molecule has 21 heavy (non-hydrogen) atoms. The number of hydrogen-bond donors (Lipinski definition) is 1.